The summed E-state index contributed by atoms with van der Waals surface area (Å²) in [5.74, 6) is 5.91. The van der Waals surface area contributed by atoms with E-state index in [1.54, 1.807) is 0 Å². The Bertz CT molecular complexity index is 1390. The summed E-state index contributed by atoms with van der Waals surface area (Å²) < 4.78 is 17.0. The van der Waals surface area contributed by atoms with E-state index >= 15 is 0 Å². The highest BCUT2D eigenvalue weighted by Gasteiger charge is 2.47. The van der Waals surface area contributed by atoms with Gasteiger partial charge in [0, 0.05) is 12.8 Å². The fraction of sp³-hybridized carbons (Fsp3) is 0.567. The van der Waals surface area contributed by atoms with E-state index in [4.69, 9.17) is 24.2 Å². The minimum Gasteiger partial charge on any atom is -0.470 e. The van der Waals surface area contributed by atoms with Crippen molar-refractivity contribution in [3.63, 3.8) is 0 Å². The molecule has 2 fully saturated rings. The van der Waals surface area contributed by atoms with Crippen LogP contribution in [0.3, 0.4) is 0 Å². The summed E-state index contributed by atoms with van der Waals surface area (Å²) in [5.41, 5.74) is 2.19. The number of alkyl carbamates (subject to hydrolysis) is 1. The SMILES string of the molecule is COC(=O)[C@@H]1CC2CN1C(=O)[C@H](C(C)(C)C)NC(=O)O[C@@H]1C[C@H]1CCCC#Cc1nc3ccc(C)cc3nc1O2. The predicted molar refractivity (Wildman–Crippen MR) is 146 cm³/mol. The Morgan fingerprint density at radius 3 is 2.70 bits per heavy atom. The normalized spacial score (nSPS) is 27.0. The second kappa shape index (κ2) is 11.0. The number of carbonyl (C=O) groups excluding carboxylic acids is 3. The fourth-order valence-electron chi connectivity index (χ4n) is 5.33. The van der Waals surface area contributed by atoms with Crippen LogP contribution >= 0.6 is 0 Å². The van der Waals surface area contributed by atoms with Crippen LogP contribution in [0.2, 0.25) is 0 Å². The second-order valence-electron chi connectivity index (χ2n) is 12.0. The van der Waals surface area contributed by atoms with E-state index in [2.05, 4.69) is 17.2 Å². The monoisotopic (exact) mass is 548 g/mol. The fourth-order valence-corrected chi connectivity index (χ4v) is 5.33. The lowest BCUT2D eigenvalue weighted by atomic mass is 9.85. The van der Waals surface area contributed by atoms with Crippen molar-refractivity contribution >= 4 is 29.0 Å². The summed E-state index contributed by atoms with van der Waals surface area (Å²) in [5, 5.41) is 2.78. The van der Waals surface area contributed by atoms with E-state index in [1.165, 1.54) is 12.0 Å². The molecule has 3 aliphatic rings. The zero-order valence-electron chi connectivity index (χ0n) is 23.7. The molecule has 2 amide bonds. The first kappa shape index (κ1) is 27.7. The van der Waals surface area contributed by atoms with Gasteiger partial charge in [-0.3, -0.25) is 4.79 Å². The molecule has 5 atom stereocenters. The van der Waals surface area contributed by atoms with Gasteiger partial charge < -0.3 is 24.4 Å². The highest BCUT2D eigenvalue weighted by molar-refractivity contribution is 5.91. The largest absolute Gasteiger partial charge is 0.470 e. The topological polar surface area (TPSA) is 120 Å². The van der Waals surface area contributed by atoms with Gasteiger partial charge in [0.25, 0.3) is 0 Å². The van der Waals surface area contributed by atoms with Crippen molar-refractivity contribution < 1.29 is 28.6 Å². The molecule has 1 N–H and O–H groups in total. The molecule has 212 valence electrons. The first-order chi connectivity index (χ1) is 19.0. The van der Waals surface area contributed by atoms with E-state index in [0.29, 0.717) is 23.1 Å². The van der Waals surface area contributed by atoms with Crippen LogP contribution in [-0.4, -0.2) is 70.8 Å². The Morgan fingerprint density at radius 2 is 1.95 bits per heavy atom. The van der Waals surface area contributed by atoms with Gasteiger partial charge in [0.15, 0.2) is 5.69 Å². The smallest absolute Gasteiger partial charge is 0.408 e. The maximum atomic E-state index is 13.9. The number of amides is 2. The number of carbonyl (C=O) groups is 3. The van der Waals surface area contributed by atoms with E-state index in [9.17, 15) is 14.4 Å². The number of methoxy groups -OCH3 is 1. The third-order valence-corrected chi connectivity index (χ3v) is 7.66. The molecular weight excluding hydrogens is 512 g/mol. The van der Waals surface area contributed by atoms with Gasteiger partial charge >= 0.3 is 12.1 Å². The minimum atomic E-state index is -0.924. The van der Waals surface area contributed by atoms with Gasteiger partial charge in [-0.1, -0.05) is 32.8 Å². The lowest BCUT2D eigenvalue weighted by molar-refractivity contribution is -0.152. The average Bonchev–Trinajstić information content (AvgIpc) is 3.49. The molecule has 10 heteroatoms. The summed E-state index contributed by atoms with van der Waals surface area (Å²) in [6.07, 6.45) is 2.03. The first-order valence-corrected chi connectivity index (χ1v) is 13.8. The van der Waals surface area contributed by atoms with Crippen molar-refractivity contribution in [1.29, 1.82) is 0 Å². The second-order valence-corrected chi connectivity index (χ2v) is 12.0. The van der Waals surface area contributed by atoms with Crippen LogP contribution in [0.5, 0.6) is 5.88 Å². The lowest BCUT2D eigenvalue weighted by Gasteiger charge is -2.34. The number of hydrogen-bond acceptors (Lipinski definition) is 8. The number of hydrogen-bond donors (Lipinski definition) is 1. The summed E-state index contributed by atoms with van der Waals surface area (Å²) >= 11 is 0. The molecule has 1 aromatic heterocycles. The molecule has 2 aromatic rings. The molecule has 0 spiro atoms. The van der Waals surface area contributed by atoms with E-state index in [0.717, 1.165) is 24.8 Å². The Kier molecular flexibility index (Phi) is 7.58. The number of nitrogens with zero attached hydrogens (tertiary/aromatic N) is 3. The van der Waals surface area contributed by atoms with E-state index in [1.807, 2.05) is 45.9 Å². The summed E-state index contributed by atoms with van der Waals surface area (Å²) in [6.45, 7) is 7.66. The molecule has 2 bridgehead atoms. The van der Waals surface area contributed by atoms with Crippen LogP contribution in [0.1, 0.15) is 64.1 Å². The molecule has 1 aliphatic carbocycles. The third kappa shape index (κ3) is 5.98. The zero-order valence-corrected chi connectivity index (χ0v) is 23.7. The maximum absolute atomic E-state index is 13.9. The molecule has 40 heavy (non-hydrogen) atoms. The predicted octanol–water partition coefficient (Wildman–Crippen LogP) is 3.52. The zero-order chi connectivity index (χ0) is 28.6. The molecule has 0 radical (unpaired) electrons. The van der Waals surface area contributed by atoms with E-state index < -0.39 is 41.6 Å². The number of esters is 1. The molecule has 2 aliphatic heterocycles. The molecule has 3 heterocycles. The summed E-state index contributed by atoms with van der Waals surface area (Å²) in [7, 11) is 1.29. The van der Waals surface area contributed by atoms with Gasteiger partial charge in [-0.15, -0.1) is 0 Å². The van der Waals surface area contributed by atoms with Crippen LogP contribution in [0, 0.1) is 30.1 Å². The number of fused-ring (bicyclic) bond motifs is 5. The van der Waals surface area contributed by atoms with Gasteiger partial charge in [-0.25, -0.2) is 19.6 Å². The standard InChI is InChI=1S/C30H36N4O6/c1-17-11-12-20-22(13-17)32-26-21(31-20)10-8-6-7-9-18-14-24(18)40-29(37)33-25(30(2,3)4)27(35)34-16-19(39-26)15-23(34)28(36)38-5/h11-13,18-19,23-25H,6-7,9,14-16H2,1-5H3,(H,33,37)/t18-,19?,23+,24-,25-/m1/s1. The van der Waals surface area contributed by atoms with Crippen molar-refractivity contribution in [2.75, 3.05) is 13.7 Å². The van der Waals surface area contributed by atoms with Crippen LogP contribution in [0.25, 0.3) is 11.0 Å². The van der Waals surface area contributed by atoms with Crippen LogP contribution in [0.4, 0.5) is 4.79 Å². The van der Waals surface area contributed by atoms with Gasteiger partial charge in [0.2, 0.25) is 11.8 Å². The molecule has 1 aromatic carbocycles. The highest BCUT2D eigenvalue weighted by atomic mass is 16.6. The van der Waals surface area contributed by atoms with Crippen molar-refractivity contribution in [3.8, 4) is 17.7 Å². The van der Waals surface area contributed by atoms with Gasteiger partial charge in [0.1, 0.15) is 24.3 Å². The Labute approximate surface area is 234 Å². The molecule has 10 nitrogen and oxygen atoms in total. The quantitative estimate of drug-likeness (QED) is 0.425. The van der Waals surface area contributed by atoms with Crippen molar-refractivity contribution in [2.24, 2.45) is 11.3 Å². The number of rotatable bonds is 1. The first-order valence-electron chi connectivity index (χ1n) is 13.8. The molecule has 1 saturated carbocycles. The minimum absolute atomic E-state index is 0.104. The molecule has 1 saturated heterocycles. The third-order valence-electron chi connectivity index (χ3n) is 7.66. The Morgan fingerprint density at radius 1 is 1.15 bits per heavy atom. The van der Waals surface area contributed by atoms with Gasteiger partial charge in [0.05, 0.1) is 24.7 Å². The van der Waals surface area contributed by atoms with E-state index in [-0.39, 0.29) is 30.9 Å². The highest BCUT2D eigenvalue weighted by Crippen LogP contribution is 2.38. The summed E-state index contributed by atoms with van der Waals surface area (Å²) in [6, 6.07) is 4.00. The lowest BCUT2D eigenvalue weighted by Crippen LogP contribution is -2.57. The Hall–Kier alpha value is -3.87. The number of aromatic nitrogens is 2. The maximum Gasteiger partial charge on any atom is 0.408 e. The molecular formula is C30H36N4O6. The molecule has 1 unspecified atom stereocenters. The number of nitrogens with one attached hydrogen (secondary N) is 1. The van der Waals surface area contributed by atoms with Gasteiger partial charge in [-0.2, -0.15) is 0 Å². The number of benzene rings is 1. The van der Waals surface area contributed by atoms with Crippen LogP contribution < -0.4 is 10.1 Å². The summed E-state index contributed by atoms with van der Waals surface area (Å²) in [4.78, 5) is 50.4. The van der Waals surface area contributed by atoms with Crippen LogP contribution in [-0.2, 0) is 19.1 Å². The number of aryl methyl sites for hydroxylation is 1. The average molecular weight is 549 g/mol. The van der Waals surface area contributed by atoms with Gasteiger partial charge in [-0.05, 0) is 61.1 Å². The Balaban J connectivity index is 1.52. The van der Waals surface area contributed by atoms with Crippen LogP contribution in [0.15, 0.2) is 18.2 Å². The molecule has 5 rings (SSSR count). The van der Waals surface area contributed by atoms with Crippen molar-refractivity contribution in [1.82, 2.24) is 20.2 Å². The number of ether oxygens (including phenoxy) is 3. The van der Waals surface area contributed by atoms with Crippen molar-refractivity contribution in [2.45, 2.75) is 84.1 Å². The van der Waals surface area contributed by atoms with Crippen molar-refractivity contribution in [3.05, 3.63) is 29.5 Å².